The predicted octanol–water partition coefficient (Wildman–Crippen LogP) is -0.811. The third-order valence-electron chi connectivity index (χ3n) is 2.52. The second-order valence-corrected chi connectivity index (χ2v) is 3.94. The van der Waals surface area contributed by atoms with Gasteiger partial charge in [-0.3, -0.25) is 9.59 Å². The first-order chi connectivity index (χ1) is 6.97. The molecule has 1 rings (SSSR count). The molecule has 0 unspecified atom stereocenters. The molecule has 1 aliphatic rings. The van der Waals surface area contributed by atoms with Crippen molar-refractivity contribution >= 4 is 11.8 Å². The van der Waals surface area contributed by atoms with Gasteiger partial charge in [-0.2, -0.15) is 0 Å². The van der Waals surface area contributed by atoms with Gasteiger partial charge < -0.3 is 15.5 Å². The summed E-state index contributed by atoms with van der Waals surface area (Å²) in [5, 5.41) is 0. The van der Waals surface area contributed by atoms with Gasteiger partial charge in [0.1, 0.15) is 6.04 Å². The molecule has 2 amide bonds. The molecule has 5 heteroatoms. The van der Waals surface area contributed by atoms with Crippen molar-refractivity contribution in [1.29, 1.82) is 0 Å². The number of likely N-dealkylation sites (N-methyl/N-ethyl adjacent to an activating group) is 1. The lowest BCUT2D eigenvalue weighted by Gasteiger charge is -2.24. The molecule has 0 aliphatic carbocycles. The van der Waals surface area contributed by atoms with Crippen molar-refractivity contribution in [3.8, 4) is 0 Å². The third-order valence-corrected chi connectivity index (χ3v) is 2.52. The van der Waals surface area contributed by atoms with Crippen LogP contribution in [0.5, 0.6) is 0 Å². The molecule has 5 nitrogen and oxygen atoms in total. The number of hydrogen-bond donors (Lipinski definition) is 1. The van der Waals surface area contributed by atoms with E-state index in [0.29, 0.717) is 13.0 Å². The van der Waals surface area contributed by atoms with Gasteiger partial charge in [-0.25, -0.2) is 0 Å². The highest BCUT2D eigenvalue weighted by Gasteiger charge is 2.37. The molecule has 0 spiro atoms. The molecule has 1 aliphatic heterocycles. The van der Waals surface area contributed by atoms with E-state index in [9.17, 15) is 9.59 Å². The zero-order valence-corrected chi connectivity index (χ0v) is 9.14. The van der Waals surface area contributed by atoms with Crippen molar-refractivity contribution in [2.75, 3.05) is 20.6 Å². The van der Waals surface area contributed by atoms with Crippen LogP contribution in [-0.2, 0) is 9.59 Å². The van der Waals surface area contributed by atoms with E-state index in [1.54, 1.807) is 14.1 Å². The maximum absolute atomic E-state index is 11.8. The van der Waals surface area contributed by atoms with E-state index in [2.05, 4.69) is 6.58 Å². The van der Waals surface area contributed by atoms with Crippen LogP contribution in [-0.4, -0.2) is 54.3 Å². The Balaban J connectivity index is 2.81. The largest absolute Gasteiger partial charge is 0.347 e. The molecule has 0 aromatic rings. The topological polar surface area (TPSA) is 66.6 Å². The van der Waals surface area contributed by atoms with Crippen molar-refractivity contribution < 1.29 is 9.59 Å². The summed E-state index contributed by atoms with van der Waals surface area (Å²) in [6.45, 7) is 3.84. The van der Waals surface area contributed by atoms with E-state index in [-0.39, 0.29) is 17.9 Å². The summed E-state index contributed by atoms with van der Waals surface area (Å²) in [5.74, 6) is -0.318. The minimum atomic E-state index is -0.430. The summed E-state index contributed by atoms with van der Waals surface area (Å²) in [7, 11) is 3.34. The first-order valence-electron chi connectivity index (χ1n) is 4.87. The molecule has 0 saturated carbocycles. The first-order valence-corrected chi connectivity index (χ1v) is 4.87. The average molecular weight is 211 g/mol. The second-order valence-electron chi connectivity index (χ2n) is 3.94. The van der Waals surface area contributed by atoms with Crippen molar-refractivity contribution in [3.63, 3.8) is 0 Å². The van der Waals surface area contributed by atoms with Crippen molar-refractivity contribution in [1.82, 2.24) is 9.80 Å². The highest BCUT2D eigenvalue weighted by molar-refractivity contribution is 5.93. The van der Waals surface area contributed by atoms with Gasteiger partial charge in [0, 0.05) is 26.7 Å². The zero-order valence-electron chi connectivity index (χ0n) is 9.14. The van der Waals surface area contributed by atoms with E-state index in [0.717, 1.165) is 0 Å². The highest BCUT2D eigenvalue weighted by Crippen LogP contribution is 2.18. The number of nitrogens with zero attached hydrogens (tertiary/aromatic N) is 2. The lowest BCUT2D eigenvalue weighted by atomic mass is 10.1. The molecular weight excluding hydrogens is 194 g/mol. The Morgan fingerprint density at radius 1 is 1.53 bits per heavy atom. The number of likely N-dealkylation sites (tertiary alicyclic amines) is 1. The monoisotopic (exact) mass is 211 g/mol. The molecule has 0 aromatic heterocycles. The predicted molar refractivity (Wildman–Crippen MR) is 57.0 cm³/mol. The summed E-state index contributed by atoms with van der Waals surface area (Å²) >= 11 is 0. The van der Waals surface area contributed by atoms with Crippen LogP contribution in [0.3, 0.4) is 0 Å². The van der Waals surface area contributed by atoms with Gasteiger partial charge in [0.15, 0.2) is 0 Å². The number of hydrogen-bond acceptors (Lipinski definition) is 3. The van der Waals surface area contributed by atoms with Crippen molar-refractivity contribution in [2.24, 2.45) is 5.73 Å². The minimum absolute atomic E-state index is 0.0850. The van der Waals surface area contributed by atoms with Gasteiger partial charge in [0.25, 0.3) is 0 Å². The van der Waals surface area contributed by atoms with E-state index >= 15 is 0 Å². The van der Waals surface area contributed by atoms with Gasteiger partial charge in [0.2, 0.25) is 11.8 Å². The average Bonchev–Trinajstić information content (AvgIpc) is 2.57. The van der Waals surface area contributed by atoms with Crippen LogP contribution in [0.25, 0.3) is 0 Å². The van der Waals surface area contributed by atoms with Crippen LogP contribution in [0.1, 0.15) is 6.42 Å². The fourth-order valence-electron chi connectivity index (χ4n) is 1.76. The lowest BCUT2D eigenvalue weighted by molar-refractivity contribution is -0.139. The normalized spacial score (nSPS) is 25.1. The molecule has 0 radical (unpaired) electrons. The van der Waals surface area contributed by atoms with E-state index < -0.39 is 6.04 Å². The van der Waals surface area contributed by atoms with Crippen molar-refractivity contribution in [3.05, 3.63) is 12.7 Å². The van der Waals surface area contributed by atoms with Gasteiger partial charge in [-0.1, -0.05) is 6.58 Å². The van der Waals surface area contributed by atoms with Gasteiger partial charge in [-0.05, 0) is 12.5 Å². The Hall–Kier alpha value is -1.36. The Kier molecular flexibility index (Phi) is 3.47. The van der Waals surface area contributed by atoms with Gasteiger partial charge in [0.05, 0.1) is 0 Å². The summed E-state index contributed by atoms with van der Waals surface area (Å²) in [5.41, 5.74) is 5.75. The zero-order chi connectivity index (χ0) is 11.6. The van der Waals surface area contributed by atoms with E-state index in [1.165, 1.54) is 15.9 Å². The number of nitrogens with two attached hydrogens (primary N) is 1. The fraction of sp³-hybridized carbons (Fsp3) is 0.600. The van der Waals surface area contributed by atoms with Crippen LogP contribution in [0.2, 0.25) is 0 Å². The molecular formula is C10H17N3O2. The number of carbonyl (C=O) groups excluding carboxylic acids is 2. The molecule has 15 heavy (non-hydrogen) atoms. The molecule has 1 heterocycles. The Morgan fingerprint density at radius 2 is 2.13 bits per heavy atom. The van der Waals surface area contributed by atoms with Crippen LogP contribution in [0.4, 0.5) is 0 Å². The Bertz CT molecular complexity index is 288. The number of carbonyl (C=O) groups is 2. The maximum atomic E-state index is 11.8. The highest BCUT2D eigenvalue weighted by atomic mass is 16.2. The van der Waals surface area contributed by atoms with Crippen LogP contribution in [0, 0.1) is 0 Å². The molecule has 84 valence electrons. The molecule has 1 fully saturated rings. The standard InChI is InChI=1S/C10H17N3O2/c1-4-9(14)13-6-7(11)5-8(13)10(15)12(2)3/h4,7-8H,1,5-6,11H2,2-3H3/t7-,8+/m0/s1. The molecule has 1 saturated heterocycles. The summed E-state index contributed by atoms with van der Waals surface area (Å²) in [4.78, 5) is 26.2. The van der Waals surface area contributed by atoms with E-state index in [1.807, 2.05) is 0 Å². The van der Waals surface area contributed by atoms with Crippen LogP contribution in [0.15, 0.2) is 12.7 Å². The number of rotatable bonds is 2. The van der Waals surface area contributed by atoms with Gasteiger partial charge >= 0.3 is 0 Å². The van der Waals surface area contributed by atoms with Crippen LogP contribution >= 0.6 is 0 Å². The molecule has 2 N–H and O–H groups in total. The SMILES string of the molecule is C=CC(=O)N1C[C@@H](N)C[C@@H]1C(=O)N(C)C. The molecule has 0 bridgehead atoms. The summed E-state index contributed by atoms with van der Waals surface area (Å²) in [6, 6.07) is -0.553. The second kappa shape index (κ2) is 4.44. The molecule has 0 aromatic carbocycles. The Morgan fingerprint density at radius 3 is 2.60 bits per heavy atom. The van der Waals surface area contributed by atoms with Crippen LogP contribution < -0.4 is 5.73 Å². The minimum Gasteiger partial charge on any atom is -0.347 e. The van der Waals surface area contributed by atoms with Gasteiger partial charge in [-0.15, -0.1) is 0 Å². The first kappa shape index (κ1) is 11.7. The Labute approximate surface area is 89.5 Å². The number of amides is 2. The third kappa shape index (κ3) is 2.36. The summed E-state index contributed by atoms with van der Waals surface area (Å²) < 4.78 is 0. The maximum Gasteiger partial charge on any atom is 0.246 e. The smallest absolute Gasteiger partial charge is 0.246 e. The molecule has 2 atom stereocenters. The quantitative estimate of drug-likeness (QED) is 0.607. The van der Waals surface area contributed by atoms with E-state index in [4.69, 9.17) is 5.73 Å². The fourth-order valence-corrected chi connectivity index (χ4v) is 1.76. The van der Waals surface area contributed by atoms with Crippen molar-refractivity contribution in [2.45, 2.75) is 18.5 Å². The summed E-state index contributed by atoms with van der Waals surface area (Å²) in [6.07, 6.45) is 1.74. The lowest BCUT2D eigenvalue weighted by Crippen LogP contribution is -2.44.